The Morgan fingerprint density at radius 1 is 1.25 bits per heavy atom. The van der Waals surface area contributed by atoms with Gasteiger partial charge in [-0.15, -0.1) is 0 Å². The van der Waals surface area contributed by atoms with Crippen molar-refractivity contribution in [1.29, 1.82) is 0 Å². The van der Waals surface area contributed by atoms with Crippen LogP contribution in [0.3, 0.4) is 0 Å². The van der Waals surface area contributed by atoms with E-state index in [0.29, 0.717) is 0 Å². The van der Waals surface area contributed by atoms with Crippen LogP contribution in [0.4, 0.5) is 0 Å². The summed E-state index contributed by atoms with van der Waals surface area (Å²) in [6, 6.07) is 4.30. The SMILES string of the molecule is Brc1ccc2c(c1Br)CNCC2. The lowest BCUT2D eigenvalue weighted by atomic mass is 10.0. The highest BCUT2D eigenvalue weighted by atomic mass is 79.9. The first kappa shape index (κ1) is 8.73. The molecule has 3 heteroatoms. The maximum Gasteiger partial charge on any atom is 0.0365 e. The van der Waals surface area contributed by atoms with E-state index in [2.05, 4.69) is 49.3 Å². The van der Waals surface area contributed by atoms with Crippen molar-refractivity contribution < 1.29 is 0 Å². The van der Waals surface area contributed by atoms with Gasteiger partial charge in [0.05, 0.1) is 0 Å². The summed E-state index contributed by atoms with van der Waals surface area (Å²) >= 11 is 7.08. The Kier molecular flexibility index (Phi) is 2.53. The minimum atomic E-state index is 0.982. The number of benzene rings is 1. The average Bonchev–Trinajstić information content (AvgIpc) is 2.12. The number of hydrogen-bond donors (Lipinski definition) is 1. The van der Waals surface area contributed by atoms with Gasteiger partial charge in [0.1, 0.15) is 0 Å². The second-order valence-electron chi connectivity index (χ2n) is 2.93. The molecule has 0 amide bonds. The van der Waals surface area contributed by atoms with Gasteiger partial charge in [0, 0.05) is 15.5 Å². The van der Waals surface area contributed by atoms with E-state index in [0.717, 1.165) is 24.0 Å². The van der Waals surface area contributed by atoms with Crippen molar-refractivity contribution in [3.63, 3.8) is 0 Å². The molecule has 0 saturated carbocycles. The summed E-state index contributed by atoms with van der Waals surface area (Å²) in [7, 11) is 0. The largest absolute Gasteiger partial charge is 0.312 e. The molecule has 0 aliphatic carbocycles. The number of nitrogens with one attached hydrogen (secondary N) is 1. The van der Waals surface area contributed by atoms with E-state index in [-0.39, 0.29) is 0 Å². The zero-order chi connectivity index (χ0) is 8.55. The Bertz CT molecular complexity index is 310. The van der Waals surface area contributed by atoms with Gasteiger partial charge in [0.15, 0.2) is 0 Å². The van der Waals surface area contributed by atoms with Crippen LogP contribution in [0.15, 0.2) is 21.1 Å². The van der Waals surface area contributed by atoms with Crippen LogP contribution in [0.1, 0.15) is 11.1 Å². The normalized spacial score (nSPS) is 15.8. The molecule has 64 valence electrons. The second kappa shape index (κ2) is 3.48. The molecule has 0 radical (unpaired) electrons. The van der Waals surface area contributed by atoms with Crippen molar-refractivity contribution in [1.82, 2.24) is 5.32 Å². The molecule has 0 fully saturated rings. The molecule has 0 aromatic heterocycles. The Morgan fingerprint density at radius 3 is 2.92 bits per heavy atom. The quantitative estimate of drug-likeness (QED) is 0.775. The lowest BCUT2D eigenvalue weighted by Gasteiger charge is -2.18. The molecule has 0 spiro atoms. The zero-order valence-corrected chi connectivity index (χ0v) is 9.70. The summed E-state index contributed by atoms with van der Waals surface area (Å²) in [4.78, 5) is 0. The molecule has 0 unspecified atom stereocenters. The summed E-state index contributed by atoms with van der Waals surface area (Å²) < 4.78 is 2.34. The van der Waals surface area contributed by atoms with Gasteiger partial charge in [-0.1, -0.05) is 6.07 Å². The highest BCUT2D eigenvalue weighted by Gasteiger charge is 2.12. The van der Waals surface area contributed by atoms with Crippen LogP contribution in [0.25, 0.3) is 0 Å². The lowest BCUT2D eigenvalue weighted by Crippen LogP contribution is -2.23. The Morgan fingerprint density at radius 2 is 2.08 bits per heavy atom. The first-order chi connectivity index (χ1) is 5.79. The van der Waals surface area contributed by atoms with Crippen molar-refractivity contribution in [2.45, 2.75) is 13.0 Å². The fraction of sp³-hybridized carbons (Fsp3) is 0.333. The maximum atomic E-state index is 3.58. The lowest BCUT2D eigenvalue weighted by molar-refractivity contribution is 0.641. The van der Waals surface area contributed by atoms with E-state index in [1.54, 1.807) is 0 Å². The first-order valence-corrected chi connectivity index (χ1v) is 5.54. The molecule has 0 saturated heterocycles. The molecule has 1 aliphatic heterocycles. The van der Waals surface area contributed by atoms with Gasteiger partial charge in [-0.3, -0.25) is 0 Å². The Balaban J connectivity index is 2.54. The van der Waals surface area contributed by atoms with Crippen LogP contribution in [-0.2, 0) is 13.0 Å². The molecular formula is C9H9Br2N. The predicted molar refractivity (Wildman–Crippen MR) is 57.3 cm³/mol. The fourth-order valence-electron chi connectivity index (χ4n) is 1.49. The van der Waals surface area contributed by atoms with Gasteiger partial charge in [0.2, 0.25) is 0 Å². The van der Waals surface area contributed by atoms with E-state index in [1.165, 1.54) is 15.6 Å². The number of halogens is 2. The van der Waals surface area contributed by atoms with E-state index in [4.69, 9.17) is 0 Å². The summed E-state index contributed by atoms with van der Waals surface area (Å²) in [5.41, 5.74) is 2.86. The molecule has 2 rings (SSSR count). The van der Waals surface area contributed by atoms with Crippen molar-refractivity contribution in [3.05, 3.63) is 32.2 Å². The second-order valence-corrected chi connectivity index (χ2v) is 4.57. The molecule has 1 aliphatic rings. The third-order valence-electron chi connectivity index (χ3n) is 2.17. The Labute approximate surface area is 88.8 Å². The van der Waals surface area contributed by atoms with Crippen molar-refractivity contribution in [2.75, 3.05) is 6.54 Å². The van der Waals surface area contributed by atoms with Crippen LogP contribution >= 0.6 is 31.9 Å². The third-order valence-corrected chi connectivity index (χ3v) is 4.26. The molecule has 1 aromatic rings. The van der Waals surface area contributed by atoms with E-state index in [1.807, 2.05) is 0 Å². The zero-order valence-electron chi connectivity index (χ0n) is 6.53. The predicted octanol–water partition coefficient (Wildman–Crippen LogP) is 2.86. The standard InChI is InChI=1S/C9H9Br2N/c10-8-2-1-6-3-4-12-5-7(6)9(8)11/h1-2,12H,3-5H2. The highest BCUT2D eigenvalue weighted by molar-refractivity contribution is 9.13. The maximum absolute atomic E-state index is 3.58. The first-order valence-electron chi connectivity index (χ1n) is 3.95. The smallest absolute Gasteiger partial charge is 0.0365 e. The number of hydrogen-bond acceptors (Lipinski definition) is 1. The van der Waals surface area contributed by atoms with Crippen molar-refractivity contribution in [3.8, 4) is 0 Å². The van der Waals surface area contributed by atoms with Gasteiger partial charge in [0.25, 0.3) is 0 Å². The van der Waals surface area contributed by atoms with Gasteiger partial charge < -0.3 is 5.32 Å². The van der Waals surface area contributed by atoms with Gasteiger partial charge in [-0.05, 0) is 62.0 Å². The fourth-order valence-corrected chi connectivity index (χ4v) is 2.39. The summed E-state index contributed by atoms with van der Waals surface area (Å²) in [5.74, 6) is 0. The number of fused-ring (bicyclic) bond motifs is 1. The Hall–Kier alpha value is 0.140. The summed E-state index contributed by atoms with van der Waals surface area (Å²) in [6.45, 7) is 2.08. The van der Waals surface area contributed by atoms with E-state index in [9.17, 15) is 0 Å². The van der Waals surface area contributed by atoms with Crippen molar-refractivity contribution in [2.24, 2.45) is 0 Å². The van der Waals surface area contributed by atoms with Crippen LogP contribution in [0.5, 0.6) is 0 Å². The van der Waals surface area contributed by atoms with Gasteiger partial charge >= 0.3 is 0 Å². The van der Waals surface area contributed by atoms with Crippen LogP contribution in [0, 0.1) is 0 Å². The molecule has 0 atom stereocenters. The summed E-state index contributed by atoms with van der Waals surface area (Å²) in [6.07, 6.45) is 1.14. The van der Waals surface area contributed by atoms with Gasteiger partial charge in [-0.2, -0.15) is 0 Å². The van der Waals surface area contributed by atoms with Gasteiger partial charge in [-0.25, -0.2) is 0 Å². The monoisotopic (exact) mass is 289 g/mol. The van der Waals surface area contributed by atoms with E-state index < -0.39 is 0 Å². The number of rotatable bonds is 0. The average molecular weight is 291 g/mol. The summed E-state index contributed by atoms with van der Waals surface area (Å²) in [5, 5.41) is 3.36. The minimum Gasteiger partial charge on any atom is -0.312 e. The topological polar surface area (TPSA) is 12.0 Å². The highest BCUT2D eigenvalue weighted by Crippen LogP contribution is 2.30. The third kappa shape index (κ3) is 1.45. The molecular weight excluding hydrogens is 282 g/mol. The molecule has 1 N–H and O–H groups in total. The molecule has 12 heavy (non-hydrogen) atoms. The van der Waals surface area contributed by atoms with Crippen LogP contribution < -0.4 is 5.32 Å². The molecule has 0 bridgehead atoms. The van der Waals surface area contributed by atoms with Crippen molar-refractivity contribution >= 4 is 31.9 Å². The van der Waals surface area contributed by atoms with Crippen LogP contribution in [0.2, 0.25) is 0 Å². The minimum absolute atomic E-state index is 0.982. The molecule has 1 heterocycles. The molecule has 1 aromatic carbocycles. The van der Waals surface area contributed by atoms with Crippen LogP contribution in [-0.4, -0.2) is 6.54 Å². The molecule has 1 nitrogen and oxygen atoms in total. The van der Waals surface area contributed by atoms with E-state index >= 15 is 0 Å².